The van der Waals surface area contributed by atoms with Crippen molar-refractivity contribution in [3.8, 4) is 5.88 Å². The number of ether oxygens (including phenoxy) is 2. The Kier molecular flexibility index (Phi) is 4.34. The van der Waals surface area contributed by atoms with E-state index >= 15 is 0 Å². The Morgan fingerprint density at radius 2 is 2.36 bits per heavy atom. The molecule has 7 heteroatoms. The number of hydrogen-bond acceptors (Lipinski definition) is 5. The monoisotopic (exact) mass is 302 g/mol. The van der Waals surface area contributed by atoms with Gasteiger partial charge in [-0.3, -0.25) is 9.89 Å². The predicted molar refractivity (Wildman–Crippen MR) is 78.6 cm³/mol. The molecule has 0 fully saturated rings. The second-order valence-corrected chi connectivity index (χ2v) is 5.05. The van der Waals surface area contributed by atoms with Crippen LogP contribution in [0.25, 0.3) is 0 Å². The van der Waals surface area contributed by atoms with E-state index in [-0.39, 0.29) is 5.91 Å². The number of fused-ring (bicyclic) bond motifs is 1. The lowest BCUT2D eigenvalue weighted by Gasteiger charge is -2.27. The third kappa shape index (κ3) is 2.94. The van der Waals surface area contributed by atoms with E-state index in [1.165, 1.54) is 0 Å². The number of pyridine rings is 1. The smallest absolute Gasteiger partial charge is 0.259 e. The van der Waals surface area contributed by atoms with Crippen LogP contribution in [0, 0.1) is 0 Å². The zero-order valence-electron chi connectivity index (χ0n) is 12.4. The Labute approximate surface area is 128 Å². The van der Waals surface area contributed by atoms with Crippen LogP contribution in [0.4, 0.5) is 0 Å². The standard InChI is InChI=1S/C15H18N4O3/c1-21-7-8-22-14-12(3-2-5-16-14)15(20)19-6-4-13-11(10-19)9-17-18-13/h2-3,5,9H,4,6-8,10H2,1H3,(H,17,18). The molecule has 0 saturated heterocycles. The molecule has 3 rings (SSSR count). The Balaban J connectivity index is 1.75. The third-order valence-corrected chi connectivity index (χ3v) is 3.62. The van der Waals surface area contributed by atoms with E-state index in [1.54, 1.807) is 36.5 Å². The van der Waals surface area contributed by atoms with Crippen molar-refractivity contribution in [1.82, 2.24) is 20.1 Å². The van der Waals surface area contributed by atoms with Crippen LogP contribution < -0.4 is 4.74 Å². The molecule has 0 aliphatic carbocycles. The highest BCUT2D eigenvalue weighted by Gasteiger charge is 2.25. The molecule has 2 aromatic rings. The van der Waals surface area contributed by atoms with Crippen molar-refractivity contribution in [3.05, 3.63) is 41.3 Å². The van der Waals surface area contributed by atoms with E-state index in [9.17, 15) is 4.79 Å². The highest BCUT2D eigenvalue weighted by molar-refractivity contribution is 5.96. The maximum absolute atomic E-state index is 12.7. The van der Waals surface area contributed by atoms with Gasteiger partial charge >= 0.3 is 0 Å². The quantitative estimate of drug-likeness (QED) is 0.834. The number of amides is 1. The van der Waals surface area contributed by atoms with Crippen molar-refractivity contribution < 1.29 is 14.3 Å². The lowest BCUT2D eigenvalue weighted by Crippen LogP contribution is -2.36. The number of H-pyrrole nitrogens is 1. The maximum Gasteiger partial charge on any atom is 0.259 e. The predicted octanol–water partition coefficient (Wildman–Crippen LogP) is 1.03. The van der Waals surface area contributed by atoms with Crippen molar-refractivity contribution in [2.24, 2.45) is 0 Å². The summed E-state index contributed by atoms with van der Waals surface area (Å²) in [7, 11) is 1.60. The van der Waals surface area contributed by atoms with E-state index in [2.05, 4.69) is 15.2 Å². The van der Waals surface area contributed by atoms with E-state index in [1.807, 2.05) is 0 Å². The van der Waals surface area contributed by atoms with Crippen LogP contribution in [0.5, 0.6) is 5.88 Å². The molecular weight excluding hydrogens is 284 g/mol. The van der Waals surface area contributed by atoms with E-state index < -0.39 is 0 Å². The Bertz CT molecular complexity index is 656. The summed E-state index contributed by atoms with van der Waals surface area (Å²) in [6.07, 6.45) is 4.17. The molecule has 0 unspecified atom stereocenters. The largest absolute Gasteiger partial charge is 0.475 e. The van der Waals surface area contributed by atoms with Crippen molar-refractivity contribution in [1.29, 1.82) is 0 Å². The molecule has 1 aliphatic rings. The summed E-state index contributed by atoms with van der Waals surface area (Å²) >= 11 is 0. The first-order valence-corrected chi connectivity index (χ1v) is 7.16. The van der Waals surface area contributed by atoms with Crippen LogP contribution in [0.15, 0.2) is 24.5 Å². The molecular formula is C15H18N4O3. The first-order chi connectivity index (χ1) is 10.8. The molecule has 1 aliphatic heterocycles. The van der Waals surface area contributed by atoms with E-state index in [0.29, 0.717) is 37.7 Å². The second kappa shape index (κ2) is 6.57. The molecule has 0 spiro atoms. The van der Waals surface area contributed by atoms with Crippen LogP contribution in [0.3, 0.4) is 0 Å². The number of aromatic amines is 1. The molecule has 1 N–H and O–H groups in total. The summed E-state index contributed by atoms with van der Waals surface area (Å²) in [4.78, 5) is 18.7. The van der Waals surface area contributed by atoms with Gasteiger partial charge in [0.2, 0.25) is 5.88 Å². The van der Waals surface area contributed by atoms with Crippen LogP contribution in [-0.2, 0) is 17.7 Å². The molecule has 0 aromatic carbocycles. The Hall–Kier alpha value is -2.41. The number of nitrogens with one attached hydrogen (secondary N) is 1. The second-order valence-electron chi connectivity index (χ2n) is 5.05. The molecule has 7 nitrogen and oxygen atoms in total. The van der Waals surface area contributed by atoms with E-state index in [4.69, 9.17) is 9.47 Å². The summed E-state index contributed by atoms with van der Waals surface area (Å²) in [6.45, 7) is 2.02. The van der Waals surface area contributed by atoms with Gasteiger partial charge in [-0.2, -0.15) is 5.10 Å². The van der Waals surface area contributed by atoms with Crippen molar-refractivity contribution >= 4 is 5.91 Å². The average molecular weight is 302 g/mol. The van der Waals surface area contributed by atoms with Gasteiger partial charge in [0, 0.05) is 44.1 Å². The van der Waals surface area contributed by atoms with Gasteiger partial charge in [-0.1, -0.05) is 0 Å². The fourth-order valence-electron chi connectivity index (χ4n) is 2.46. The number of methoxy groups -OCH3 is 1. The Morgan fingerprint density at radius 3 is 3.23 bits per heavy atom. The topological polar surface area (TPSA) is 80.3 Å². The summed E-state index contributed by atoms with van der Waals surface area (Å²) in [5.74, 6) is 0.273. The van der Waals surface area contributed by atoms with Gasteiger partial charge in [0.25, 0.3) is 5.91 Å². The molecule has 0 atom stereocenters. The first-order valence-electron chi connectivity index (χ1n) is 7.16. The van der Waals surface area contributed by atoms with Gasteiger partial charge in [-0.25, -0.2) is 4.98 Å². The molecule has 1 amide bonds. The van der Waals surface area contributed by atoms with Crippen LogP contribution >= 0.6 is 0 Å². The number of carbonyl (C=O) groups excluding carboxylic acids is 1. The lowest BCUT2D eigenvalue weighted by molar-refractivity contribution is 0.0725. The minimum atomic E-state index is -0.0765. The minimum absolute atomic E-state index is 0.0765. The van der Waals surface area contributed by atoms with E-state index in [0.717, 1.165) is 17.7 Å². The zero-order valence-corrected chi connectivity index (χ0v) is 12.4. The number of aromatic nitrogens is 3. The van der Waals surface area contributed by atoms with Crippen LogP contribution in [-0.4, -0.2) is 52.9 Å². The highest BCUT2D eigenvalue weighted by Crippen LogP contribution is 2.22. The van der Waals surface area contributed by atoms with Crippen molar-refractivity contribution in [3.63, 3.8) is 0 Å². The summed E-state index contributed by atoms with van der Waals surface area (Å²) < 4.78 is 10.5. The average Bonchev–Trinajstić information content (AvgIpc) is 3.02. The van der Waals surface area contributed by atoms with Gasteiger partial charge in [-0.05, 0) is 12.1 Å². The summed E-state index contributed by atoms with van der Waals surface area (Å²) in [6, 6.07) is 3.48. The first kappa shape index (κ1) is 14.5. The fourth-order valence-corrected chi connectivity index (χ4v) is 2.46. The maximum atomic E-state index is 12.7. The van der Waals surface area contributed by atoms with Crippen LogP contribution in [0.1, 0.15) is 21.6 Å². The molecule has 2 aromatic heterocycles. The Morgan fingerprint density at radius 1 is 1.45 bits per heavy atom. The third-order valence-electron chi connectivity index (χ3n) is 3.62. The van der Waals surface area contributed by atoms with Gasteiger partial charge in [0.1, 0.15) is 12.2 Å². The summed E-state index contributed by atoms with van der Waals surface area (Å²) in [5, 5.41) is 6.99. The number of carbonyl (C=O) groups is 1. The zero-order chi connectivity index (χ0) is 15.4. The highest BCUT2D eigenvalue weighted by atomic mass is 16.5. The van der Waals surface area contributed by atoms with Crippen molar-refractivity contribution in [2.45, 2.75) is 13.0 Å². The molecule has 0 saturated carbocycles. The minimum Gasteiger partial charge on any atom is -0.475 e. The summed E-state index contributed by atoms with van der Waals surface area (Å²) in [5.41, 5.74) is 2.64. The SMILES string of the molecule is COCCOc1ncccc1C(=O)N1CCc2[nH]ncc2C1. The number of hydrogen-bond donors (Lipinski definition) is 1. The van der Waals surface area contributed by atoms with Gasteiger partial charge in [-0.15, -0.1) is 0 Å². The number of rotatable bonds is 5. The van der Waals surface area contributed by atoms with Crippen LogP contribution in [0.2, 0.25) is 0 Å². The van der Waals surface area contributed by atoms with Gasteiger partial charge in [0.15, 0.2) is 0 Å². The lowest BCUT2D eigenvalue weighted by atomic mass is 10.1. The van der Waals surface area contributed by atoms with Crippen molar-refractivity contribution in [2.75, 3.05) is 26.9 Å². The molecule has 116 valence electrons. The molecule has 0 bridgehead atoms. The fraction of sp³-hybridized carbons (Fsp3) is 0.400. The van der Waals surface area contributed by atoms with Gasteiger partial charge in [0.05, 0.1) is 12.8 Å². The molecule has 3 heterocycles. The number of nitrogens with zero attached hydrogens (tertiary/aromatic N) is 3. The molecule has 22 heavy (non-hydrogen) atoms. The van der Waals surface area contributed by atoms with Gasteiger partial charge < -0.3 is 14.4 Å². The normalized spacial score (nSPS) is 13.8. The molecule has 0 radical (unpaired) electrons.